The van der Waals surface area contributed by atoms with Crippen LogP contribution in [0.2, 0.25) is 0 Å². The fourth-order valence-corrected chi connectivity index (χ4v) is 1.05. The van der Waals surface area contributed by atoms with Crippen molar-refractivity contribution in [3.8, 4) is 0 Å². The number of nitrogens with one attached hydrogen (secondary N) is 1. The quantitative estimate of drug-likeness (QED) is 0.699. The van der Waals surface area contributed by atoms with E-state index < -0.39 is 0 Å². The first-order valence-corrected chi connectivity index (χ1v) is 4.46. The molecule has 1 rings (SSSR count). The Morgan fingerprint density at radius 3 is 2.85 bits per heavy atom. The zero-order valence-electron chi connectivity index (χ0n) is 7.75. The smallest absolute Gasteiger partial charge is 0.407 e. The highest BCUT2D eigenvalue weighted by Crippen LogP contribution is 2.06. The third-order valence-corrected chi connectivity index (χ3v) is 1.62. The predicted molar refractivity (Wildman–Crippen MR) is 45.3 cm³/mol. The summed E-state index contributed by atoms with van der Waals surface area (Å²) < 4.78 is 15.0. The number of hydrogen-bond donors (Lipinski definition) is 1. The maximum atomic E-state index is 10.8. The molecule has 0 aliphatic carbocycles. The minimum Gasteiger partial charge on any atom is -0.450 e. The third-order valence-electron chi connectivity index (χ3n) is 1.62. The lowest BCUT2D eigenvalue weighted by Crippen LogP contribution is -2.28. The SMILES string of the molecule is CCOC(=O)NCCC1OCCO1. The van der Waals surface area contributed by atoms with Crippen LogP contribution in [0.25, 0.3) is 0 Å². The molecule has 1 heterocycles. The van der Waals surface area contributed by atoms with Crippen LogP contribution in [0.3, 0.4) is 0 Å². The Bertz CT molecular complexity index is 156. The summed E-state index contributed by atoms with van der Waals surface area (Å²) in [4.78, 5) is 10.8. The van der Waals surface area contributed by atoms with Crippen LogP contribution in [0, 0.1) is 0 Å². The molecule has 0 aromatic rings. The molecule has 1 N–H and O–H groups in total. The van der Waals surface area contributed by atoms with Gasteiger partial charge in [-0.25, -0.2) is 4.79 Å². The number of alkyl carbamates (subject to hydrolysis) is 1. The molecule has 0 radical (unpaired) electrons. The van der Waals surface area contributed by atoms with Gasteiger partial charge in [0.15, 0.2) is 6.29 Å². The number of carbonyl (C=O) groups excluding carboxylic acids is 1. The zero-order valence-corrected chi connectivity index (χ0v) is 7.75. The van der Waals surface area contributed by atoms with Crippen molar-refractivity contribution in [2.45, 2.75) is 19.6 Å². The van der Waals surface area contributed by atoms with Crippen LogP contribution >= 0.6 is 0 Å². The maximum absolute atomic E-state index is 10.8. The molecule has 0 spiro atoms. The van der Waals surface area contributed by atoms with E-state index in [1.165, 1.54) is 0 Å². The van der Waals surface area contributed by atoms with Crippen LogP contribution in [0.1, 0.15) is 13.3 Å². The van der Waals surface area contributed by atoms with Crippen LogP contribution in [0.5, 0.6) is 0 Å². The summed E-state index contributed by atoms with van der Waals surface area (Å²) in [5, 5.41) is 2.59. The van der Waals surface area contributed by atoms with Gasteiger partial charge in [-0.15, -0.1) is 0 Å². The molecule has 5 heteroatoms. The highest BCUT2D eigenvalue weighted by molar-refractivity contribution is 5.66. The van der Waals surface area contributed by atoms with Gasteiger partial charge in [-0.05, 0) is 6.92 Å². The second-order valence-electron chi connectivity index (χ2n) is 2.61. The van der Waals surface area contributed by atoms with Crippen molar-refractivity contribution in [1.82, 2.24) is 5.32 Å². The normalized spacial score (nSPS) is 17.3. The molecule has 0 saturated carbocycles. The zero-order chi connectivity index (χ0) is 9.52. The van der Waals surface area contributed by atoms with Gasteiger partial charge in [0.2, 0.25) is 0 Å². The molecule has 0 aromatic carbocycles. The van der Waals surface area contributed by atoms with Gasteiger partial charge in [0.05, 0.1) is 19.8 Å². The third kappa shape index (κ3) is 4.10. The Kier molecular flexibility index (Phi) is 4.56. The largest absolute Gasteiger partial charge is 0.450 e. The molecule has 1 aliphatic rings. The summed E-state index contributed by atoms with van der Waals surface area (Å²) >= 11 is 0. The van der Waals surface area contributed by atoms with E-state index >= 15 is 0 Å². The molecule has 1 fully saturated rings. The predicted octanol–water partition coefficient (Wildman–Crippen LogP) is 0.495. The number of amides is 1. The molecule has 0 unspecified atom stereocenters. The Morgan fingerprint density at radius 1 is 1.54 bits per heavy atom. The number of carbonyl (C=O) groups is 1. The topological polar surface area (TPSA) is 56.8 Å². The van der Waals surface area contributed by atoms with E-state index in [-0.39, 0.29) is 12.4 Å². The van der Waals surface area contributed by atoms with E-state index in [1.54, 1.807) is 6.92 Å². The Morgan fingerprint density at radius 2 is 2.23 bits per heavy atom. The molecular weight excluding hydrogens is 174 g/mol. The van der Waals surface area contributed by atoms with Crippen molar-refractivity contribution in [3.63, 3.8) is 0 Å². The van der Waals surface area contributed by atoms with E-state index in [0.29, 0.717) is 32.8 Å². The highest BCUT2D eigenvalue weighted by atomic mass is 16.7. The highest BCUT2D eigenvalue weighted by Gasteiger charge is 2.15. The van der Waals surface area contributed by atoms with Crippen molar-refractivity contribution in [1.29, 1.82) is 0 Å². The minimum atomic E-state index is -0.388. The summed E-state index contributed by atoms with van der Waals surface area (Å²) in [6.07, 6.45) is 0.112. The van der Waals surface area contributed by atoms with Crippen molar-refractivity contribution in [2.24, 2.45) is 0 Å². The summed E-state index contributed by atoms with van der Waals surface area (Å²) in [5.74, 6) is 0. The average Bonchev–Trinajstić information content (AvgIpc) is 2.57. The van der Waals surface area contributed by atoms with Crippen LogP contribution in [0.15, 0.2) is 0 Å². The van der Waals surface area contributed by atoms with E-state index in [2.05, 4.69) is 10.1 Å². The van der Waals surface area contributed by atoms with Gasteiger partial charge < -0.3 is 19.5 Å². The molecule has 5 nitrogen and oxygen atoms in total. The van der Waals surface area contributed by atoms with Crippen molar-refractivity contribution in [3.05, 3.63) is 0 Å². The summed E-state index contributed by atoms with van der Waals surface area (Å²) in [5.41, 5.74) is 0. The van der Waals surface area contributed by atoms with E-state index in [1.807, 2.05) is 0 Å². The Hall–Kier alpha value is -0.810. The summed E-state index contributed by atoms with van der Waals surface area (Å²) in [7, 11) is 0. The fraction of sp³-hybridized carbons (Fsp3) is 0.875. The van der Waals surface area contributed by atoms with E-state index in [9.17, 15) is 4.79 Å². The molecule has 76 valence electrons. The lowest BCUT2D eigenvalue weighted by molar-refractivity contribution is -0.0457. The van der Waals surface area contributed by atoms with Crippen LogP contribution < -0.4 is 5.32 Å². The standard InChI is InChI=1S/C8H15NO4/c1-2-11-8(10)9-4-3-7-12-5-6-13-7/h7H,2-6H2,1H3,(H,9,10). The number of rotatable bonds is 4. The lowest BCUT2D eigenvalue weighted by Gasteiger charge is -2.09. The molecular formula is C8H15NO4. The van der Waals surface area contributed by atoms with Crippen LogP contribution in [-0.4, -0.2) is 38.7 Å². The molecule has 0 aromatic heterocycles. The van der Waals surface area contributed by atoms with E-state index in [4.69, 9.17) is 9.47 Å². The van der Waals surface area contributed by atoms with E-state index in [0.717, 1.165) is 0 Å². The Balaban J connectivity index is 1.96. The number of hydrogen-bond acceptors (Lipinski definition) is 4. The number of ether oxygens (including phenoxy) is 3. The van der Waals surface area contributed by atoms with Gasteiger partial charge in [-0.1, -0.05) is 0 Å². The Labute approximate surface area is 77.3 Å². The summed E-state index contributed by atoms with van der Waals surface area (Å²) in [6, 6.07) is 0. The first-order chi connectivity index (χ1) is 6.33. The average molecular weight is 189 g/mol. The minimum absolute atomic E-state index is 0.165. The fourth-order valence-electron chi connectivity index (χ4n) is 1.05. The van der Waals surface area contributed by atoms with Crippen LogP contribution in [0.4, 0.5) is 4.79 Å². The second-order valence-corrected chi connectivity index (χ2v) is 2.61. The monoisotopic (exact) mass is 189 g/mol. The molecule has 1 saturated heterocycles. The van der Waals surface area contributed by atoms with Gasteiger partial charge in [0.1, 0.15) is 0 Å². The van der Waals surface area contributed by atoms with Gasteiger partial charge >= 0.3 is 6.09 Å². The van der Waals surface area contributed by atoms with Crippen molar-refractivity contribution < 1.29 is 19.0 Å². The molecule has 0 bridgehead atoms. The molecule has 0 atom stereocenters. The molecule has 13 heavy (non-hydrogen) atoms. The van der Waals surface area contributed by atoms with Crippen molar-refractivity contribution >= 4 is 6.09 Å². The van der Waals surface area contributed by atoms with Crippen molar-refractivity contribution in [2.75, 3.05) is 26.4 Å². The second kappa shape index (κ2) is 5.77. The van der Waals surface area contributed by atoms with Crippen LogP contribution in [-0.2, 0) is 14.2 Å². The maximum Gasteiger partial charge on any atom is 0.407 e. The summed E-state index contributed by atoms with van der Waals surface area (Å²) in [6.45, 7) is 3.96. The van der Waals surface area contributed by atoms with Gasteiger partial charge in [0, 0.05) is 13.0 Å². The molecule has 1 amide bonds. The van der Waals surface area contributed by atoms with Gasteiger partial charge in [-0.2, -0.15) is 0 Å². The first kappa shape index (κ1) is 10.3. The lowest BCUT2D eigenvalue weighted by atomic mass is 10.4. The first-order valence-electron chi connectivity index (χ1n) is 4.46. The van der Waals surface area contributed by atoms with Gasteiger partial charge in [-0.3, -0.25) is 0 Å². The van der Waals surface area contributed by atoms with Gasteiger partial charge in [0.25, 0.3) is 0 Å². The molecule has 1 aliphatic heterocycles.